The number of aromatic nitrogens is 2. The highest BCUT2D eigenvalue weighted by Gasteiger charge is 2.05. The van der Waals surface area contributed by atoms with Crippen molar-refractivity contribution in [2.24, 2.45) is 0 Å². The van der Waals surface area contributed by atoms with E-state index < -0.39 is 0 Å². The van der Waals surface area contributed by atoms with Crippen LogP contribution < -0.4 is 10.9 Å². The maximum Gasteiger partial charge on any atom is 0.252 e. The molecule has 0 fully saturated rings. The van der Waals surface area contributed by atoms with Crippen molar-refractivity contribution in [2.45, 2.75) is 19.9 Å². The van der Waals surface area contributed by atoms with Gasteiger partial charge in [-0.2, -0.15) is 0 Å². The van der Waals surface area contributed by atoms with Crippen LogP contribution in [0.1, 0.15) is 24.4 Å². The van der Waals surface area contributed by atoms with Crippen molar-refractivity contribution in [2.75, 3.05) is 5.32 Å². The number of nitrogens with one attached hydrogen (secondary N) is 2. The molecule has 0 spiro atoms. The van der Waals surface area contributed by atoms with Gasteiger partial charge in [-0.05, 0) is 19.4 Å². The van der Waals surface area contributed by atoms with Gasteiger partial charge in [0, 0.05) is 12.1 Å². The minimum absolute atomic E-state index is 0.116. The normalized spacial score (nSPS) is 12.1. The predicted molar refractivity (Wildman–Crippen MR) is 68.1 cm³/mol. The summed E-state index contributed by atoms with van der Waals surface area (Å²) in [6.45, 7) is 3.80. The van der Waals surface area contributed by atoms with Gasteiger partial charge in [0.05, 0.1) is 0 Å². The third kappa shape index (κ3) is 2.93. The van der Waals surface area contributed by atoms with Crippen molar-refractivity contribution in [3.05, 3.63) is 58.1 Å². The molecule has 2 N–H and O–H groups in total. The summed E-state index contributed by atoms with van der Waals surface area (Å²) < 4.78 is 0. The molecule has 0 aliphatic rings. The zero-order chi connectivity index (χ0) is 12.3. The van der Waals surface area contributed by atoms with Gasteiger partial charge in [-0.25, -0.2) is 4.98 Å². The number of aryl methyl sites for hydroxylation is 1. The third-order valence-corrected chi connectivity index (χ3v) is 2.52. The molecule has 0 saturated heterocycles. The average molecular weight is 229 g/mol. The Labute approximate surface area is 99.7 Å². The highest BCUT2D eigenvalue weighted by atomic mass is 16.1. The molecule has 1 heterocycles. The van der Waals surface area contributed by atoms with Crippen LogP contribution in [0.5, 0.6) is 0 Å². The Hall–Kier alpha value is -2.10. The van der Waals surface area contributed by atoms with Gasteiger partial charge in [-0.15, -0.1) is 0 Å². The average Bonchev–Trinajstić information content (AvgIpc) is 2.28. The summed E-state index contributed by atoms with van der Waals surface area (Å²) in [6.07, 6.45) is 0. The highest BCUT2D eigenvalue weighted by molar-refractivity contribution is 5.37. The molecule has 0 amide bonds. The van der Waals surface area contributed by atoms with Gasteiger partial charge in [-0.1, -0.05) is 30.3 Å². The Balaban J connectivity index is 2.18. The molecule has 0 aliphatic carbocycles. The molecule has 1 aromatic heterocycles. The first kappa shape index (κ1) is 11.4. The van der Waals surface area contributed by atoms with Crippen molar-refractivity contribution in [1.82, 2.24) is 9.97 Å². The summed E-state index contributed by atoms with van der Waals surface area (Å²) in [5, 5.41) is 3.21. The Bertz CT molecular complexity index is 548. The first-order valence-electron chi connectivity index (χ1n) is 5.54. The molecule has 1 unspecified atom stereocenters. The van der Waals surface area contributed by atoms with E-state index in [2.05, 4.69) is 15.3 Å². The number of nitrogens with zero attached hydrogens (tertiary/aromatic N) is 1. The van der Waals surface area contributed by atoms with Gasteiger partial charge in [0.1, 0.15) is 11.6 Å². The van der Waals surface area contributed by atoms with E-state index >= 15 is 0 Å². The number of H-pyrrole nitrogens is 1. The lowest BCUT2D eigenvalue weighted by molar-refractivity contribution is 0.864. The molecule has 0 radical (unpaired) electrons. The minimum atomic E-state index is -0.139. The fraction of sp³-hybridized carbons (Fsp3) is 0.231. The fourth-order valence-corrected chi connectivity index (χ4v) is 1.70. The number of rotatable bonds is 3. The molecule has 4 nitrogen and oxygen atoms in total. The van der Waals surface area contributed by atoms with Gasteiger partial charge >= 0.3 is 0 Å². The first-order chi connectivity index (χ1) is 8.15. The monoisotopic (exact) mass is 229 g/mol. The van der Waals surface area contributed by atoms with Gasteiger partial charge in [0.25, 0.3) is 5.56 Å². The highest BCUT2D eigenvalue weighted by Crippen LogP contribution is 2.16. The Kier molecular flexibility index (Phi) is 3.23. The van der Waals surface area contributed by atoms with Crippen LogP contribution in [0.25, 0.3) is 0 Å². The molecule has 0 saturated carbocycles. The van der Waals surface area contributed by atoms with E-state index in [1.54, 1.807) is 6.92 Å². The predicted octanol–water partition coefficient (Wildman–Crippen LogP) is 2.25. The molecule has 17 heavy (non-hydrogen) atoms. The van der Waals surface area contributed by atoms with Crippen LogP contribution >= 0.6 is 0 Å². The number of hydrogen-bond donors (Lipinski definition) is 2. The van der Waals surface area contributed by atoms with Gasteiger partial charge in [0.2, 0.25) is 0 Å². The summed E-state index contributed by atoms with van der Waals surface area (Å²) in [5.41, 5.74) is 1.02. The van der Waals surface area contributed by atoms with Crippen LogP contribution in [-0.4, -0.2) is 9.97 Å². The topological polar surface area (TPSA) is 57.8 Å². The van der Waals surface area contributed by atoms with E-state index in [9.17, 15) is 4.79 Å². The number of hydrogen-bond acceptors (Lipinski definition) is 3. The summed E-state index contributed by atoms with van der Waals surface area (Å²) in [6, 6.07) is 11.6. The molecule has 0 aliphatic heterocycles. The van der Waals surface area contributed by atoms with Crippen molar-refractivity contribution < 1.29 is 0 Å². The third-order valence-electron chi connectivity index (χ3n) is 2.52. The Morgan fingerprint density at radius 3 is 2.65 bits per heavy atom. The lowest BCUT2D eigenvalue weighted by Crippen LogP contribution is -2.14. The van der Waals surface area contributed by atoms with E-state index in [-0.39, 0.29) is 11.6 Å². The molecule has 2 aromatic rings. The minimum Gasteiger partial charge on any atom is -0.363 e. The van der Waals surface area contributed by atoms with Crippen LogP contribution in [-0.2, 0) is 0 Å². The SMILES string of the molecule is Cc1nc(NC(C)c2ccccc2)cc(=O)[nH]1. The van der Waals surface area contributed by atoms with E-state index in [0.29, 0.717) is 11.6 Å². The second-order valence-corrected chi connectivity index (χ2v) is 3.99. The Morgan fingerprint density at radius 1 is 1.29 bits per heavy atom. The molecule has 1 atom stereocenters. The molecule has 4 heteroatoms. The van der Waals surface area contributed by atoms with Crippen LogP contribution in [0.3, 0.4) is 0 Å². The first-order valence-corrected chi connectivity index (χ1v) is 5.54. The van der Waals surface area contributed by atoms with Crippen LogP contribution in [0.4, 0.5) is 5.82 Å². The molecular formula is C13H15N3O. The van der Waals surface area contributed by atoms with Crippen molar-refractivity contribution in [3.8, 4) is 0 Å². The molecule has 2 rings (SSSR count). The van der Waals surface area contributed by atoms with Gasteiger partial charge in [0.15, 0.2) is 0 Å². The largest absolute Gasteiger partial charge is 0.363 e. The zero-order valence-corrected chi connectivity index (χ0v) is 9.90. The van der Waals surface area contributed by atoms with E-state index in [4.69, 9.17) is 0 Å². The van der Waals surface area contributed by atoms with E-state index in [1.807, 2.05) is 37.3 Å². The summed E-state index contributed by atoms with van der Waals surface area (Å²) in [5.74, 6) is 1.21. The quantitative estimate of drug-likeness (QED) is 0.848. The van der Waals surface area contributed by atoms with Crippen LogP contribution in [0, 0.1) is 6.92 Å². The summed E-state index contributed by atoms with van der Waals surface area (Å²) >= 11 is 0. The molecule has 0 bridgehead atoms. The lowest BCUT2D eigenvalue weighted by atomic mass is 10.1. The van der Waals surface area contributed by atoms with Gasteiger partial charge < -0.3 is 10.3 Å². The fourth-order valence-electron chi connectivity index (χ4n) is 1.70. The van der Waals surface area contributed by atoms with Crippen LogP contribution in [0.2, 0.25) is 0 Å². The summed E-state index contributed by atoms with van der Waals surface area (Å²) in [4.78, 5) is 18.1. The lowest BCUT2D eigenvalue weighted by Gasteiger charge is -2.14. The Morgan fingerprint density at radius 2 is 2.00 bits per heavy atom. The number of aromatic amines is 1. The molecule has 1 aromatic carbocycles. The van der Waals surface area contributed by atoms with Crippen molar-refractivity contribution >= 4 is 5.82 Å². The smallest absolute Gasteiger partial charge is 0.252 e. The van der Waals surface area contributed by atoms with Crippen molar-refractivity contribution in [3.63, 3.8) is 0 Å². The van der Waals surface area contributed by atoms with Crippen molar-refractivity contribution in [1.29, 1.82) is 0 Å². The molecule has 88 valence electrons. The second-order valence-electron chi connectivity index (χ2n) is 3.99. The van der Waals surface area contributed by atoms with Gasteiger partial charge in [-0.3, -0.25) is 4.79 Å². The zero-order valence-electron chi connectivity index (χ0n) is 9.90. The van der Waals surface area contributed by atoms with Crippen LogP contribution in [0.15, 0.2) is 41.2 Å². The number of anilines is 1. The van der Waals surface area contributed by atoms with E-state index in [0.717, 1.165) is 5.56 Å². The second kappa shape index (κ2) is 4.82. The molecular weight excluding hydrogens is 214 g/mol. The summed E-state index contributed by atoms with van der Waals surface area (Å²) in [7, 11) is 0. The maximum absolute atomic E-state index is 11.3. The van der Waals surface area contributed by atoms with E-state index in [1.165, 1.54) is 6.07 Å². The standard InChI is InChI=1S/C13H15N3O/c1-9(11-6-4-3-5-7-11)14-12-8-13(17)16-10(2)15-12/h3-9H,1-2H3,(H2,14,15,16,17). The number of benzene rings is 1. The maximum atomic E-state index is 11.3.